The Morgan fingerprint density at radius 2 is 2.22 bits per heavy atom. The lowest BCUT2D eigenvalue weighted by Crippen LogP contribution is -2.55. The van der Waals surface area contributed by atoms with Crippen molar-refractivity contribution in [3.05, 3.63) is 34.1 Å². The smallest absolute Gasteiger partial charge is 0.254 e. The lowest BCUT2D eigenvalue weighted by Gasteiger charge is -2.42. The molecule has 2 rings (SSSR count). The summed E-state index contributed by atoms with van der Waals surface area (Å²) in [6, 6.07) is 4.44. The number of benzene rings is 1. The Bertz CT molecular complexity index is 476. The number of amides is 1. The molecule has 0 N–H and O–H groups in total. The molecule has 18 heavy (non-hydrogen) atoms. The summed E-state index contributed by atoms with van der Waals surface area (Å²) in [7, 11) is 0. The zero-order chi connectivity index (χ0) is 13.3. The van der Waals surface area contributed by atoms with Gasteiger partial charge < -0.3 is 9.64 Å². The van der Waals surface area contributed by atoms with E-state index >= 15 is 0 Å². The molecule has 1 aromatic carbocycles. The minimum Gasteiger partial charge on any atom is -0.377 e. The lowest BCUT2D eigenvalue weighted by atomic mass is 10.0. The van der Waals surface area contributed by atoms with Gasteiger partial charge in [-0.1, -0.05) is 0 Å². The van der Waals surface area contributed by atoms with Crippen molar-refractivity contribution in [2.75, 3.05) is 19.8 Å². The molecule has 1 aliphatic rings. The second-order valence-corrected chi connectivity index (χ2v) is 5.81. The number of nitrogens with zero attached hydrogens (tertiary/aromatic N) is 1. The summed E-state index contributed by atoms with van der Waals surface area (Å²) < 4.78 is 19.2. The fourth-order valence-corrected chi connectivity index (χ4v) is 2.27. The molecule has 1 aliphatic heterocycles. The van der Waals surface area contributed by atoms with Crippen molar-refractivity contribution in [3.63, 3.8) is 0 Å². The van der Waals surface area contributed by atoms with Crippen LogP contribution in [0.2, 0.25) is 0 Å². The van der Waals surface area contributed by atoms with Gasteiger partial charge in [-0.15, -0.1) is 0 Å². The molecule has 0 aromatic heterocycles. The Kier molecular flexibility index (Phi) is 3.73. The highest BCUT2D eigenvalue weighted by Gasteiger charge is 2.34. The van der Waals surface area contributed by atoms with Crippen molar-refractivity contribution in [3.8, 4) is 0 Å². The van der Waals surface area contributed by atoms with E-state index in [0.29, 0.717) is 29.8 Å². The Hall–Kier alpha value is -0.940. The number of hydrogen-bond donors (Lipinski definition) is 0. The van der Waals surface area contributed by atoms with Gasteiger partial charge in [-0.2, -0.15) is 0 Å². The van der Waals surface area contributed by atoms with E-state index in [4.69, 9.17) is 4.74 Å². The summed E-state index contributed by atoms with van der Waals surface area (Å²) in [5.74, 6) is -0.582. The largest absolute Gasteiger partial charge is 0.377 e. The van der Waals surface area contributed by atoms with E-state index in [1.54, 1.807) is 17.0 Å². The molecule has 0 bridgehead atoms. The molecule has 0 spiro atoms. The van der Waals surface area contributed by atoms with Crippen molar-refractivity contribution in [2.45, 2.75) is 19.4 Å². The topological polar surface area (TPSA) is 29.5 Å². The molecule has 1 aromatic rings. The van der Waals surface area contributed by atoms with Gasteiger partial charge in [0.05, 0.1) is 23.2 Å². The predicted octanol–water partition coefficient (Wildman–Crippen LogP) is 2.84. The van der Waals surface area contributed by atoms with Crippen molar-refractivity contribution in [1.29, 1.82) is 0 Å². The van der Waals surface area contributed by atoms with Crippen LogP contribution in [0, 0.1) is 5.82 Å². The van der Waals surface area contributed by atoms with Crippen LogP contribution in [0.3, 0.4) is 0 Å². The van der Waals surface area contributed by atoms with Gasteiger partial charge in [0.2, 0.25) is 0 Å². The van der Waals surface area contributed by atoms with Crippen LogP contribution in [-0.4, -0.2) is 36.1 Å². The first-order valence-corrected chi connectivity index (χ1v) is 6.56. The molecular weight excluding hydrogens is 301 g/mol. The first kappa shape index (κ1) is 13.5. The molecule has 0 atom stereocenters. The Balaban J connectivity index is 2.27. The fourth-order valence-electron chi connectivity index (χ4n) is 2.02. The van der Waals surface area contributed by atoms with Gasteiger partial charge in [0.15, 0.2) is 0 Å². The summed E-state index contributed by atoms with van der Waals surface area (Å²) in [5.41, 5.74) is 0.00415. The van der Waals surface area contributed by atoms with E-state index in [9.17, 15) is 9.18 Å². The highest BCUT2D eigenvalue weighted by molar-refractivity contribution is 9.10. The number of halogens is 2. The average Bonchev–Trinajstić information content (AvgIpc) is 2.31. The van der Waals surface area contributed by atoms with Crippen molar-refractivity contribution < 1.29 is 13.9 Å². The second kappa shape index (κ2) is 4.97. The first-order valence-electron chi connectivity index (χ1n) is 5.76. The zero-order valence-corrected chi connectivity index (χ0v) is 12.0. The van der Waals surface area contributed by atoms with Gasteiger partial charge in [0.25, 0.3) is 5.91 Å². The average molecular weight is 316 g/mol. The monoisotopic (exact) mass is 315 g/mol. The van der Waals surface area contributed by atoms with Crippen LogP contribution in [0.25, 0.3) is 0 Å². The van der Waals surface area contributed by atoms with Crippen LogP contribution in [0.15, 0.2) is 22.7 Å². The van der Waals surface area contributed by atoms with E-state index in [1.165, 1.54) is 6.07 Å². The third-order valence-corrected chi connectivity index (χ3v) is 3.70. The molecule has 3 nitrogen and oxygen atoms in total. The third kappa shape index (κ3) is 2.57. The number of carbonyl (C=O) groups is 1. The maximum Gasteiger partial charge on any atom is 0.254 e. The van der Waals surface area contributed by atoms with E-state index in [1.807, 2.05) is 13.8 Å². The molecule has 1 saturated heterocycles. The SMILES string of the molecule is CC1(C)COCCN1C(=O)c1ccc(Br)c(F)c1. The van der Waals surface area contributed by atoms with Crippen molar-refractivity contribution in [1.82, 2.24) is 4.90 Å². The quantitative estimate of drug-likeness (QED) is 0.797. The highest BCUT2D eigenvalue weighted by atomic mass is 79.9. The molecule has 98 valence electrons. The van der Waals surface area contributed by atoms with Gasteiger partial charge in [-0.25, -0.2) is 4.39 Å². The maximum absolute atomic E-state index is 13.5. The summed E-state index contributed by atoms with van der Waals surface area (Å²) in [6.45, 7) is 5.44. The number of morpholine rings is 1. The zero-order valence-electron chi connectivity index (χ0n) is 10.4. The molecule has 1 fully saturated rings. The minimum atomic E-state index is -0.424. The number of rotatable bonds is 1. The molecule has 0 unspecified atom stereocenters. The summed E-state index contributed by atoms with van der Waals surface area (Å²) in [5, 5.41) is 0. The van der Waals surface area contributed by atoms with E-state index in [0.717, 1.165) is 0 Å². The number of carbonyl (C=O) groups excluding carboxylic acids is 1. The van der Waals surface area contributed by atoms with Crippen LogP contribution in [0.4, 0.5) is 4.39 Å². The first-order chi connectivity index (χ1) is 8.42. The lowest BCUT2D eigenvalue weighted by molar-refractivity contribution is -0.0370. The van der Waals surface area contributed by atoms with E-state index in [2.05, 4.69) is 15.9 Å². The molecule has 1 amide bonds. The predicted molar refractivity (Wildman–Crippen MR) is 70.0 cm³/mol. The molecule has 1 heterocycles. The molecule has 0 aliphatic carbocycles. The summed E-state index contributed by atoms with van der Waals surface area (Å²) in [4.78, 5) is 14.1. The molecule has 0 radical (unpaired) electrons. The number of ether oxygens (including phenoxy) is 1. The van der Waals surface area contributed by atoms with Crippen LogP contribution in [0.5, 0.6) is 0 Å². The fraction of sp³-hybridized carbons (Fsp3) is 0.462. The van der Waals surface area contributed by atoms with Crippen molar-refractivity contribution >= 4 is 21.8 Å². The van der Waals surface area contributed by atoms with Gasteiger partial charge in [0.1, 0.15) is 5.82 Å². The van der Waals surface area contributed by atoms with Gasteiger partial charge in [-0.05, 0) is 48.0 Å². The second-order valence-electron chi connectivity index (χ2n) is 4.95. The summed E-state index contributed by atoms with van der Waals surface area (Å²) >= 11 is 3.08. The van der Waals surface area contributed by atoms with Crippen LogP contribution < -0.4 is 0 Å². The van der Waals surface area contributed by atoms with Gasteiger partial charge in [-0.3, -0.25) is 4.79 Å². The molecule has 0 saturated carbocycles. The highest BCUT2D eigenvalue weighted by Crippen LogP contribution is 2.23. The van der Waals surface area contributed by atoms with Crippen molar-refractivity contribution in [2.24, 2.45) is 0 Å². The third-order valence-electron chi connectivity index (χ3n) is 3.06. The standard InChI is InChI=1S/C13H15BrFNO2/c1-13(2)8-18-6-5-16(13)12(17)9-3-4-10(14)11(15)7-9/h3-4,7H,5-6,8H2,1-2H3. The minimum absolute atomic E-state index is 0.158. The van der Waals surface area contributed by atoms with Crippen LogP contribution in [0.1, 0.15) is 24.2 Å². The van der Waals surface area contributed by atoms with E-state index < -0.39 is 5.82 Å². The normalized spacial score (nSPS) is 18.8. The van der Waals surface area contributed by atoms with E-state index in [-0.39, 0.29) is 11.4 Å². The Morgan fingerprint density at radius 3 is 2.83 bits per heavy atom. The maximum atomic E-state index is 13.5. The summed E-state index contributed by atoms with van der Waals surface area (Å²) in [6.07, 6.45) is 0. The van der Waals surface area contributed by atoms with Gasteiger partial charge >= 0.3 is 0 Å². The molecule has 5 heteroatoms. The van der Waals surface area contributed by atoms with Crippen LogP contribution >= 0.6 is 15.9 Å². The molecular formula is C13H15BrFNO2. The van der Waals surface area contributed by atoms with Gasteiger partial charge in [0, 0.05) is 12.1 Å². The van der Waals surface area contributed by atoms with Crippen LogP contribution in [-0.2, 0) is 4.74 Å². The Labute approximate surface area is 114 Å². The Morgan fingerprint density at radius 1 is 1.50 bits per heavy atom. The number of hydrogen-bond acceptors (Lipinski definition) is 2.